The van der Waals surface area contributed by atoms with E-state index in [1.54, 1.807) is 0 Å². The Hall–Kier alpha value is -1.55. The number of nitrogens with zero attached hydrogens (tertiary/aromatic N) is 2. The number of nitrogen functional groups attached to an aromatic ring is 1. The van der Waals surface area contributed by atoms with Gasteiger partial charge in [0.15, 0.2) is 0 Å². The van der Waals surface area contributed by atoms with Gasteiger partial charge in [-0.2, -0.15) is 0 Å². The van der Waals surface area contributed by atoms with Gasteiger partial charge in [0.05, 0.1) is 23.7 Å². The monoisotopic (exact) mass is 231 g/mol. The van der Waals surface area contributed by atoms with Gasteiger partial charge in [0.25, 0.3) is 0 Å². The van der Waals surface area contributed by atoms with E-state index < -0.39 is 0 Å². The molecule has 1 unspecified atom stereocenters. The Morgan fingerprint density at radius 2 is 2.35 bits per heavy atom. The van der Waals surface area contributed by atoms with Crippen LogP contribution in [-0.2, 0) is 4.74 Å². The molecule has 0 aliphatic carbocycles. The quantitative estimate of drug-likeness (QED) is 0.819. The van der Waals surface area contributed by atoms with Gasteiger partial charge in [-0.3, -0.25) is 0 Å². The summed E-state index contributed by atoms with van der Waals surface area (Å²) in [6.45, 7) is 3.69. The topological polar surface area (TPSA) is 53.1 Å². The van der Waals surface area contributed by atoms with Crippen LogP contribution >= 0.6 is 0 Å². The highest BCUT2D eigenvalue weighted by Crippen LogP contribution is 2.28. The summed E-state index contributed by atoms with van der Waals surface area (Å²) in [6, 6.07) is 6.57. The Bertz CT molecular complexity index is 541. The number of imidazole rings is 1. The maximum atomic E-state index is 6.03. The van der Waals surface area contributed by atoms with E-state index in [0.717, 1.165) is 37.1 Å². The molecule has 1 fully saturated rings. The number of hydrogen-bond acceptors (Lipinski definition) is 3. The fraction of sp³-hybridized carbons (Fsp3) is 0.462. The van der Waals surface area contributed by atoms with Gasteiger partial charge in [0, 0.05) is 6.61 Å². The third-order valence-electron chi connectivity index (χ3n) is 3.37. The molecule has 4 heteroatoms. The zero-order valence-electron chi connectivity index (χ0n) is 10.0. The van der Waals surface area contributed by atoms with Crippen LogP contribution in [0.2, 0.25) is 0 Å². The minimum atomic E-state index is 0.329. The Morgan fingerprint density at radius 3 is 3.12 bits per heavy atom. The van der Waals surface area contributed by atoms with E-state index in [9.17, 15) is 0 Å². The van der Waals surface area contributed by atoms with Crippen LogP contribution in [-0.4, -0.2) is 22.8 Å². The fourth-order valence-electron chi connectivity index (χ4n) is 2.53. The van der Waals surface area contributed by atoms with Gasteiger partial charge in [0.2, 0.25) is 5.95 Å². The molecule has 0 spiro atoms. The van der Waals surface area contributed by atoms with Crippen molar-refractivity contribution >= 4 is 17.0 Å². The van der Waals surface area contributed by atoms with E-state index in [1.165, 1.54) is 5.56 Å². The fourth-order valence-corrected chi connectivity index (χ4v) is 2.53. The number of fused-ring (bicyclic) bond motifs is 1. The lowest BCUT2D eigenvalue weighted by Gasteiger charge is -2.24. The summed E-state index contributed by atoms with van der Waals surface area (Å²) < 4.78 is 7.66. The standard InChI is InChI=1S/C13H17N3O/c1-9-4-5-11-12(7-9)16(13(14)15-11)10-3-2-6-17-8-10/h4-5,7,10H,2-3,6,8H2,1H3,(H2,14,15). The molecule has 1 aliphatic rings. The predicted octanol–water partition coefficient (Wildman–Crippen LogP) is 2.28. The lowest BCUT2D eigenvalue weighted by atomic mass is 10.1. The molecular formula is C13H17N3O. The van der Waals surface area contributed by atoms with Gasteiger partial charge in [-0.1, -0.05) is 6.07 Å². The van der Waals surface area contributed by atoms with Crippen LogP contribution in [0.3, 0.4) is 0 Å². The highest BCUT2D eigenvalue weighted by molar-refractivity contribution is 5.79. The van der Waals surface area contributed by atoms with Crippen LogP contribution in [0.25, 0.3) is 11.0 Å². The van der Waals surface area contributed by atoms with E-state index in [2.05, 4.69) is 28.6 Å². The number of ether oxygens (including phenoxy) is 1. The first kappa shape index (κ1) is 10.6. The molecule has 1 aromatic carbocycles. The lowest BCUT2D eigenvalue weighted by molar-refractivity contribution is 0.0611. The highest BCUT2D eigenvalue weighted by atomic mass is 16.5. The summed E-state index contributed by atoms with van der Waals surface area (Å²) in [4.78, 5) is 4.41. The molecule has 1 aromatic heterocycles. The highest BCUT2D eigenvalue weighted by Gasteiger charge is 2.20. The maximum absolute atomic E-state index is 6.03. The first-order valence-corrected chi connectivity index (χ1v) is 6.07. The average Bonchev–Trinajstić information content (AvgIpc) is 2.65. The van der Waals surface area contributed by atoms with Crippen molar-refractivity contribution in [2.75, 3.05) is 18.9 Å². The SMILES string of the molecule is Cc1ccc2nc(N)n(C3CCCOC3)c2c1. The number of benzene rings is 1. The Balaban J connectivity index is 2.13. The molecule has 17 heavy (non-hydrogen) atoms. The summed E-state index contributed by atoms with van der Waals surface area (Å²) in [5.41, 5.74) is 9.36. The van der Waals surface area contributed by atoms with Crippen LogP contribution in [0.4, 0.5) is 5.95 Å². The third-order valence-corrected chi connectivity index (χ3v) is 3.37. The number of rotatable bonds is 1. The summed E-state index contributed by atoms with van der Waals surface area (Å²) in [5, 5.41) is 0. The number of hydrogen-bond donors (Lipinski definition) is 1. The van der Waals surface area contributed by atoms with Gasteiger partial charge in [-0.15, -0.1) is 0 Å². The third kappa shape index (κ3) is 1.78. The summed E-state index contributed by atoms with van der Waals surface area (Å²) >= 11 is 0. The number of nitrogens with two attached hydrogens (primary N) is 1. The number of anilines is 1. The second-order valence-corrected chi connectivity index (χ2v) is 4.70. The van der Waals surface area contributed by atoms with Gasteiger partial charge >= 0.3 is 0 Å². The van der Waals surface area contributed by atoms with Gasteiger partial charge < -0.3 is 15.0 Å². The Morgan fingerprint density at radius 1 is 1.47 bits per heavy atom. The lowest BCUT2D eigenvalue weighted by Crippen LogP contribution is -2.22. The van der Waals surface area contributed by atoms with Crippen molar-refractivity contribution in [1.82, 2.24) is 9.55 Å². The molecule has 4 nitrogen and oxygen atoms in total. The van der Waals surface area contributed by atoms with Gasteiger partial charge in [-0.25, -0.2) is 4.98 Å². The van der Waals surface area contributed by atoms with Crippen molar-refractivity contribution in [3.05, 3.63) is 23.8 Å². The van der Waals surface area contributed by atoms with Crippen molar-refractivity contribution in [2.24, 2.45) is 0 Å². The second-order valence-electron chi connectivity index (χ2n) is 4.70. The zero-order valence-corrected chi connectivity index (χ0v) is 10.0. The van der Waals surface area contributed by atoms with Crippen LogP contribution in [0.5, 0.6) is 0 Å². The molecule has 0 bridgehead atoms. The number of aryl methyl sites for hydroxylation is 1. The van der Waals surface area contributed by atoms with Crippen LogP contribution in [0.1, 0.15) is 24.4 Å². The minimum Gasteiger partial charge on any atom is -0.379 e. The molecule has 0 saturated carbocycles. The van der Waals surface area contributed by atoms with Crippen LogP contribution in [0.15, 0.2) is 18.2 Å². The molecule has 2 N–H and O–H groups in total. The van der Waals surface area contributed by atoms with Crippen molar-refractivity contribution in [3.63, 3.8) is 0 Å². The van der Waals surface area contributed by atoms with Gasteiger partial charge in [-0.05, 0) is 37.5 Å². The van der Waals surface area contributed by atoms with Crippen molar-refractivity contribution in [3.8, 4) is 0 Å². The largest absolute Gasteiger partial charge is 0.379 e. The molecule has 1 atom stereocenters. The molecule has 1 saturated heterocycles. The van der Waals surface area contributed by atoms with Crippen LogP contribution < -0.4 is 5.73 Å². The molecule has 1 aliphatic heterocycles. The van der Waals surface area contributed by atoms with Gasteiger partial charge in [0.1, 0.15) is 0 Å². The van der Waals surface area contributed by atoms with Crippen molar-refractivity contribution < 1.29 is 4.74 Å². The molecule has 0 radical (unpaired) electrons. The second kappa shape index (κ2) is 4.04. The number of aromatic nitrogens is 2. The van der Waals surface area contributed by atoms with E-state index in [-0.39, 0.29) is 0 Å². The van der Waals surface area contributed by atoms with Crippen LogP contribution in [0, 0.1) is 6.92 Å². The average molecular weight is 231 g/mol. The normalized spacial score (nSPS) is 20.9. The molecular weight excluding hydrogens is 214 g/mol. The molecule has 0 amide bonds. The van der Waals surface area contributed by atoms with E-state index >= 15 is 0 Å². The Kier molecular flexibility index (Phi) is 2.52. The summed E-state index contributed by atoms with van der Waals surface area (Å²) in [7, 11) is 0. The molecule has 3 rings (SSSR count). The Labute approximate surface area is 100 Å². The van der Waals surface area contributed by atoms with E-state index in [1.807, 2.05) is 6.07 Å². The first-order valence-electron chi connectivity index (χ1n) is 6.07. The summed E-state index contributed by atoms with van der Waals surface area (Å²) in [5.74, 6) is 0.598. The first-order chi connectivity index (χ1) is 8.25. The molecule has 2 heterocycles. The van der Waals surface area contributed by atoms with Crippen molar-refractivity contribution in [1.29, 1.82) is 0 Å². The smallest absolute Gasteiger partial charge is 0.201 e. The van der Waals surface area contributed by atoms with E-state index in [0.29, 0.717) is 12.0 Å². The zero-order chi connectivity index (χ0) is 11.8. The van der Waals surface area contributed by atoms with E-state index in [4.69, 9.17) is 10.5 Å². The van der Waals surface area contributed by atoms with Crippen molar-refractivity contribution in [2.45, 2.75) is 25.8 Å². The maximum Gasteiger partial charge on any atom is 0.201 e. The molecule has 2 aromatic rings. The summed E-state index contributed by atoms with van der Waals surface area (Å²) in [6.07, 6.45) is 2.21. The molecule has 90 valence electrons. The predicted molar refractivity (Wildman–Crippen MR) is 68.0 cm³/mol. The minimum absolute atomic E-state index is 0.329.